The Kier molecular flexibility index (Phi) is 5.26. The van der Waals surface area contributed by atoms with E-state index in [1.54, 1.807) is 0 Å². The van der Waals surface area contributed by atoms with E-state index in [2.05, 4.69) is 12.2 Å². The lowest BCUT2D eigenvalue weighted by molar-refractivity contribution is 0.0498. The van der Waals surface area contributed by atoms with Crippen LogP contribution in [0.25, 0.3) is 0 Å². The Morgan fingerprint density at radius 3 is 2.50 bits per heavy atom. The van der Waals surface area contributed by atoms with Crippen LogP contribution < -0.4 is 5.32 Å². The van der Waals surface area contributed by atoms with Crippen molar-refractivity contribution in [3.05, 3.63) is 34.9 Å². The highest BCUT2D eigenvalue weighted by atomic mass is 35.5. The summed E-state index contributed by atoms with van der Waals surface area (Å²) in [5, 5.41) is 14.0. The fourth-order valence-electron chi connectivity index (χ4n) is 1.71. The highest BCUT2D eigenvalue weighted by molar-refractivity contribution is 6.30. The van der Waals surface area contributed by atoms with Gasteiger partial charge in [0.1, 0.15) is 0 Å². The van der Waals surface area contributed by atoms with Crippen molar-refractivity contribution in [2.45, 2.75) is 38.8 Å². The van der Waals surface area contributed by atoms with E-state index in [1.165, 1.54) is 5.56 Å². The zero-order valence-corrected chi connectivity index (χ0v) is 10.7. The van der Waals surface area contributed by atoms with Gasteiger partial charge in [-0.3, -0.25) is 0 Å². The van der Waals surface area contributed by atoms with Gasteiger partial charge in [-0.15, -0.1) is 0 Å². The lowest BCUT2D eigenvalue weighted by Crippen LogP contribution is -2.37. The van der Waals surface area contributed by atoms with E-state index in [0.29, 0.717) is 6.54 Å². The van der Waals surface area contributed by atoms with Crippen LogP contribution in [0.3, 0.4) is 0 Å². The molecule has 0 aromatic heterocycles. The fourth-order valence-corrected chi connectivity index (χ4v) is 1.83. The second-order valence-electron chi connectivity index (χ2n) is 4.48. The van der Waals surface area contributed by atoms with Gasteiger partial charge in [0.15, 0.2) is 0 Å². The van der Waals surface area contributed by atoms with Crippen LogP contribution in [0.1, 0.15) is 32.3 Å². The highest BCUT2D eigenvalue weighted by Crippen LogP contribution is 2.12. The monoisotopic (exact) mass is 241 g/mol. The van der Waals surface area contributed by atoms with Gasteiger partial charge in [0.25, 0.3) is 0 Å². The molecule has 0 amide bonds. The second kappa shape index (κ2) is 6.24. The smallest absolute Gasteiger partial charge is 0.0743 e. The molecule has 0 radical (unpaired) electrons. The molecule has 0 heterocycles. The molecule has 1 aromatic carbocycles. The Hall–Kier alpha value is -0.570. The van der Waals surface area contributed by atoms with Gasteiger partial charge in [-0.05, 0) is 31.0 Å². The molecule has 0 fully saturated rings. The van der Waals surface area contributed by atoms with Crippen LogP contribution in [0.15, 0.2) is 24.3 Å². The topological polar surface area (TPSA) is 32.3 Å². The first-order chi connectivity index (χ1) is 7.53. The standard InChI is InChI=1S/C13H20ClNO/c1-3-8-13(2,16)10-15-9-11-4-6-12(14)7-5-11/h4-7,15-16H,3,8-10H2,1-2H3. The predicted molar refractivity (Wildman–Crippen MR) is 68.7 cm³/mol. The number of aliphatic hydroxyl groups is 1. The van der Waals surface area contributed by atoms with Gasteiger partial charge in [-0.1, -0.05) is 37.1 Å². The molecule has 16 heavy (non-hydrogen) atoms. The van der Waals surface area contributed by atoms with Crippen LogP contribution in [-0.4, -0.2) is 17.3 Å². The number of nitrogens with one attached hydrogen (secondary N) is 1. The average molecular weight is 242 g/mol. The first-order valence-electron chi connectivity index (χ1n) is 5.71. The van der Waals surface area contributed by atoms with Gasteiger partial charge in [0, 0.05) is 18.1 Å². The summed E-state index contributed by atoms with van der Waals surface area (Å²) in [6.45, 7) is 5.32. The number of hydrogen-bond donors (Lipinski definition) is 2. The third-order valence-corrected chi connectivity index (χ3v) is 2.79. The molecule has 0 aliphatic heterocycles. The molecule has 0 saturated heterocycles. The Labute approximate surface area is 103 Å². The molecule has 1 rings (SSSR count). The molecule has 0 aliphatic rings. The van der Waals surface area contributed by atoms with Crippen LogP contribution in [-0.2, 0) is 6.54 Å². The summed E-state index contributed by atoms with van der Waals surface area (Å²) >= 11 is 5.80. The minimum atomic E-state index is -0.610. The maximum atomic E-state index is 9.95. The molecular weight excluding hydrogens is 222 g/mol. The number of hydrogen-bond acceptors (Lipinski definition) is 2. The van der Waals surface area contributed by atoms with Crippen LogP contribution in [0.5, 0.6) is 0 Å². The van der Waals surface area contributed by atoms with E-state index in [1.807, 2.05) is 31.2 Å². The summed E-state index contributed by atoms with van der Waals surface area (Å²) in [4.78, 5) is 0. The average Bonchev–Trinajstić information content (AvgIpc) is 2.20. The third kappa shape index (κ3) is 4.97. The quantitative estimate of drug-likeness (QED) is 0.803. The zero-order valence-electron chi connectivity index (χ0n) is 9.96. The van der Waals surface area contributed by atoms with Gasteiger partial charge in [-0.25, -0.2) is 0 Å². The Bertz CT molecular complexity index is 308. The molecular formula is C13H20ClNO. The van der Waals surface area contributed by atoms with Gasteiger partial charge < -0.3 is 10.4 Å². The van der Waals surface area contributed by atoms with E-state index in [9.17, 15) is 5.11 Å². The van der Waals surface area contributed by atoms with Crippen molar-refractivity contribution in [3.63, 3.8) is 0 Å². The van der Waals surface area contributed by atoms with Gasteiger partial charge >= 0.3 is 0 Å². The van der Waals surface area contributed by atoms with Crippen LogP contribution >= 0.6 is 11.6 Å². The van der Waals surface area contributed by atoms with Crippen molar-refractivity contribution in [1.82, 2.24) is 5.32 Å². The Morgan fingerprint density at radius 1 is 1.31 bits per heavy atom. The molecule has 2 nitrogen and oxygen atoms in total. The van der Waals surface area contributed by atoms with E-state index in [4.69, 9.17) is 11.6 Å². The van der Waals surface area contributed by atoms with Crippen LogP contribution in [0, 0.1) is 0 Å². The lowest BCUT2D eigenvalue weighted by atomic mass is 10.0. The first kappa shape index (κ1) is 13.5. The summed E-state index contributed by atoms with van der Waals surface area (Å²) in [6, 6.07) is 7.74. The number of halogens is 1. The van der Waals surface area contributed by atoms with Gasteiger partial charge in [-0.2, -0.15) is 0 Å². The molecule has 1 atom stereocenters. The van der Waals surface area contributed by atoms with Crippen molar-refractivity contribution in [2.24, 2.45) is 0 Å². The fraction of sp³-hybridized carbons (Fsp3) is 0.538. The van der Waals surface area contributed by atoms with E-state index >= 15 is 0 Å². The lowest BCUT2D eigenvalue weighted by Gasteiger charge is -2.23. The molecule has 0 spiro atoms. The molecule has 1 aromatic rings. The maximum absolute atomic E-state index is 9.95. The maximum Gasteiger partial charge on any atom is 0.0743 e. The largest absolute Gasteiger partial charge is 0.389 e. The Balaban J connectivity index is 2.32. The summed E-state index contributed by atoms with van der Waals surface area (Å²) in [7, 11) is 0. The summed E-state index contributed by atoms with van der Waals surface area (Å²) in [6.07, 6.45) is 1.82. The molecule has 3 heteroatoms. The van der Waals surface area contributed by atoms with Crippen LogP contribution in [0.4, 0.5) is 0 Å². The molecule has 0 aliphatic carbocycles. The highest BCUT2D eigenvalue weighted by Gasteiger charge is 2.17. The van der Waals surface area contributed by atoms with Crippen molar-refractivity contribution < 1.29 is 5.11 Å². The number of rotatable bonds is 6. The van der Waals surface area contributed by atoms with Crippen molar-refractivity contribution in [3.8, 4) is 0 Å². The van der Waals surface area contributed by atoms with Gasteiger partial charge in [0.2, 0.25) is 0 Å². The molecule has 0 bridgehead atoms. The summed E-state index contributed by atoms with van der Waals surface area (Å²) in [5.74, 6) is 0. The SMILES string of the molecule is CCCC(C)(O)CNCc1ccc(Cl)cc1. The minimum absolute atomic E-state index is 0.610. The molecule has 1 unspecified atom stereocenters. The van der Waals surface area contributed by atoms with E-state index < -0.39 is 5.60 Å². The normalized spacial score (nSPS) is 14.8. The molecule has 90 valence electrons. The molecule has 0 saturated carbocycles. The Morgan fingerprint density at radius 2 is 1.94 bits per heavy atom. The third-order valence-electron chi connectivity index (χ3n) is 2.54. The molecule has 2 N–H and O–H groups in total. The zero-order chi connectivity index (χ0) is 12.0. The van der Waals surface area contributed by atoms with E-state index in [0.717, 1.165) is 24.4 Å². The van der Waals surface area contributed by atoms with E-state index in [-0.39, 0.29) is 0 Å². The van der Waals surface area contributed by atoms with Crippen molar-refractivity contribution >= 4 is 11.6 Å². The predicted octanol–water partition coefficient (Wildman–Crippen LogP) is 2.98. The number of benzene rings is 1. The summed E-state index contributed by atoms with van der Waals surface area (Å²) < 4.78 is 0. The second-order valence-corrected chi connectivity index (χ2v) is 4.91. The first-order valence-corrected chi connectivity index (χ1v) is 6.09. The van der Waals surface area contributed by atoms with Gasteiger partial charge in [0.05, 0.1) is 5.60 Å². The van der Waals surface area contributed by atoms with Crippen LogP contribution in [0.2, 0.25) is 5.02 Å². The van der Waals surface area contributed by atoms with Crippen molar-refractivity contribution in [2.75, 3.05) is 6.54 Å². The summed E-state index contributed by atoms with van der Waals surface area (Å²) in [5.41, 5.74) is 0.568. The minimum Gasteiger partial charge on any atom is -0.389 e. The van der Waals surface area contributed by atoms with Crippen molar-refractivity contribution in [1.29, 1.82) is 0 Å².